The summed E-state index contributed by atoms with van der Waals surface area (Å²) in [6.07, 6.45) is 5.19. The van der Waals surface area contributed by atoms with E-state index in [0.717, 1.165) is 0 Å². The lowest BCUT2D eigenvalue weighted by Gasteiger charge is -2.08. The number of carboxylic acids is 1. The van der Waals surface area contributed by atoms with Gasteiger partial charge in [0.05, 0.1) is 0 Å². The number of hydrogen-bond acceptors (Lipinski definition) is 2. The summed E-state index contributed by atoms with van der Waals surface area (Å²) in [7, 11) is 0. The van der Waals surface area contributed by atoms with E-state index in [1.165, 1.54) is 0 Å². The predicted molar refractivity (Wildman–Crippen MR) is 48.9 cm³/mol. The molecule has 0 radical (unpaired) electrons. The van der Waals surface area contributed by atoms with Gasteiger partial charge in [-0.1, -0.05) is 24.1 Å². The molecule has 3 nitrogen and oxygen atoms in total. The van der Waals surface area contributed by atoms with E-state index < -0.39 is 12.0 Å². The molecule has 0 saturated carbocycles. The highest BCUT2D eigenvalue weighted by molar-refractivity contribution is 5.76. The molecule has 0 amide bonds. The molecule has 0 bridgehead atoms. The van der Waals surface area contributed by atoms with Crippen molar-refractivity contribution in [2.75, 3.05) is 0 Å². The molecular weight excluding hydrogens is 166 g/mol. The van der Waals surface area contributed by atoms with Crippen LogP contribution in [-0.4, -0.2) is 11.1 Å². The van der Waals surface area contributed by atoms with Crippen LogP contribution in [0.5, 0.6) is 0 Å². The van der Waals surface area contributed by atoms with Gasteiger partial charge in [-0.15, -0.1) is 6.42 Å². The molecule has 13 heavy (non-hydrogen) atoms. The molecule has 3 heteroatoms. The number of hydrogen-bond donors (Lipinski definition) is 2. The zero-order valence-electron chi connectivity index (χ0n) is 6.90. The summed E-state index contributed by atoms with van der Waals surface area (Å²) in [4.78, 5) is 10.6. The molecule has 3 N–H and O–H groups in total. The lowest BCUT2D eigenvalue weighted by molar-refractivity contribution is -0.138. The van der Waals surface area contributed by atoms with Crippen molar-refractivity contribution in [3.8, 4) is 12.3 Å². The maximum absolute atomic E-state index is 10.6. The fraction of sp³-hybridized carbons (Fsp3) is 0.100. The number of terminal acetylenes is 1. The van der Waals surface area contributed by atoms with E-state index in [1.807, 2.05) is 0 Å². The molecule has 1 aromatic carbocycles. The Hall–Kier alpha value is -1.79. The quantitative estimate of drug-likeness (QED) is 0.652. The highest BCUT2D eigenvalue weighted by atomic mass is 16.4. The van der Waals surface area contributed by atoms with E-state index in [0.29, 0.717) is 11.1 Å². The van der Waals surface area contributed by atoms with Crippen LogP contribution in [0.2, 0.25) is 0 Å². The molecule has 0 aromatic heterocycles. The first-order valence-electron chi connectivity index (χ1n) is 3.70. The van der Waals surface area contributed by atoms with Gasteiger partial charge in [-0.2, -0.15) is 0 Å². The summed E-state index contributed by atoms with van der Waals surface area (Å²) in [5, 5.41) is 8.66. The molecule has 0 fully saturated rings. The third kappa shape index (κ3) is 1.86. The molecule has 1 aromatic rings. The van der Waals surface area contributed by atoms with Gasteiger partial charge in [0.2, 0.25) is 0 Å². The van der Waals surface area contributed by atoms with Crippen LogP contribution in [0.25, 0.3) is 0 Å². The van der Waals surface area contributed by atoms with Crippen LogP contribution in [0.1, 0.15) is 17.2 Å². The maximum atomic E-state index is 10.6. The number of carbonyl (C=O) groups is 1. The Kier molecular flexibility index (Phi) is 2.68. The number of carboxylic acid groups (broad SMARTS) is 1. The first-order valence-corrected chi connectivity index (χ1v) is 3.70. The van der Waals surface area contributed by atoms with Gasteiger partial charge in [0.25, 0.3) is 0 Å². The Bertz CT molecular complexity index is 365. The second-order valence-electron chi connectivity index (χ2n) is 2.55. The van der Waals surface area contributed by atoms with Crippen LogP contribution in [0.15, 0.2) is 24.3 Å². The predicted octanol–water partition coefficient (Wildman–Crippen LogP) is 0.752. The Balaban J connectivity index is 3.15. The average molecular weight is 175 g/mol. The standard InChI is InChI=1S/C10H9NO2/c1-2-7-5-3-4-6-8(7)9(11)10(12)13/h1,3-6,9H,11H2,(H,12,13). The average Bonchev–Trinajstić information content (AvgIpc) is 2.16. The van der Waals surface area contributed by atoms with Crippen LogP contribution in [0, 0.1) is 12.3 Å². The van der Waals surface area contributed by atoms with E-state index in [1.54, 1.807) is 24.3 Å². The summed E-state index contributed by atoms with van der Waals surface area (Å²) in [6.45, 7) is 0. The molecule has 0 saturated heterocycles. The van der Waals surface area contributed by atoms with Crippen molar-refractivity contribution >= 4 is 5.97 Å². The third-order valence-electron chi connectivity index (χ3n) is 1.72. The molecule has 0 heterocycles. The summed E-state index contributed by atoms with van der Waals surface area (Å²) in [6, 6.07) is 5.69. The SMILES string of the molecule is C#Cc1ccccc1C(N)C(=O)O. The fourth-order valence-electron chi connectivity index (χ4n) is 1.03. The van der Waals surface area contributed by atoms with Crippen LogP contribution in [-0.2, 0) is 4.79 Å². The molecular formula is C10H9NO2. The molecule has 1 atom stereocenters. The van der Waals surface area contributed by atoms with E-state index in [-0.39, 0.29) is 0 Å². The molecule has 0 aliphatic carbocycles. The number of rotatable bonds is 2. The minimum absolute atomic E-state index is 0.470. The normalized spacial score (nSPS) is 11.7. The first kappa shape index (κ1) is 9.30. The second kappa shape index (κ2) is 3.74. The van der Waals surface area contributed by atoms with Crippen LogP contribution >= 0.6 is 0 Å². The number of nitrogens with two attached hydrogens (primary N) is 1. The largest absolute Gasteiger partial charge is 0.480 e. The first-order chi connectivity index (χ1) is 6.16. The smallest absolute Gasteiger partial charge is 0.325 e. The van der Waals surface area contributed by atoms with Crippen LogP contribution in [0.4, 0.5) is 0 Å². The van der Waals surface area contributed by atoms with Crippen LogP contribution in [0.3, 0.4) is 0 Å². The Morgan fingerprint density at radius 2 is 2.15 bits per heavy atom. The molecule has 66 valence electrons. The van der Waals surface area contributed by atoms with Crippen molar-refractivity contribution in [3.05, 3.63) is 35.4 Å². The van der Waals surface area contributed by atoms with Gasteiger partial charge in [-0.05, 0) is 11.6 Å². The minimum Gasteiger partial charge on any atom is -0.480 e. The van der Waals surface area contributed by atoms with Crippen molar-refractivity contribution in [1.82, 2.24) is 0 Å². The molecule has 1 unspecified atom stereocenters. The van der Waals surface area contributed by atoms with Crippen molar-refractivity contribution in [1.29, 1.82) is 0 Å². The zero-order valence-corrected chi connectivity index (χ0v) is 6.90. The van der Waals surface area contributed by atoms with Gasteiger partial charge in [0.1, 0.15) is 6.04 Å². The van der Waals surface area contributed by atoms with E-state index in [4.69, 9.17) is 17.3 Å². The van der Waals surface area contributed by atoms with Gasteiger partial charge in [0, 0.05) is 5.56 Å². The van der Waals surface area contributed by atoms with Gasteiger partial charge >= 0.3 is 5.97 Å². The van der Waals surface area contributed by atoms with Crippen molar-refractivity contribution in [2.45, 2.75) is 6.04 Å². The minimum atomic E-state index is -1.08. The third-order valence-corrected chi connectivity index (χ3v) is 1.72. The van der Waals surface area contributed by atoms with Crippen molar-refractivity contribution in [3.63, 3.8) is 0 Å². The molecule has 0 aliphatic rings. The van der Waals surface area contributed by atoms with Crippen LogP contribution < -0.4 is 5.73 Å². The highest BCUT2D eigenvalue weighted by Gasteiger charge is 2.16. The van der Waals surface area contributed by atoms with E-state index in [2.05, 4.69) is 5.92 Å². The fourth-order valence-corrected chi connectivity index (χ4v) is 1.03. The number of aliphatic carboxylic acids is 1. The summed E-state index contributed by atoms with van der Waals surface area (Å²) >= 11 is 0. The van der Waals surface area contributed by atoms with E-state index >= 15 is 0 Å². The number of benzene rings is 1. The molecule has 0 spiro atoms. The highest BCUT2D eigenvalue weighted by Crippen LogP contribution is 2.14. The van der Waals surface area contributed by atoms with Gasteiger partial charge in [-0.25, -0.2) is 0 Å². The Morgan fingerprint density at radius 3 is 2.69 bits per heavy atom. The van der Waals surface area contributed by atoms with Gasteiger partial charge < -0.3 is 10.8 Å². The lowest BCUT2D eigenvalue weighted by atomic mass is 10.0. The Morgan fingerprint density at radius 1 is 1.54 bits per heavy atom. The van der Waals surface area contributed by atoms with E-state index in [9.17, 15) is 4.79 Å². The Labute approximate surface area is 76.2 Å². The summed E-state index contributed by atoms with van der Waals surface area (Å²) in [5.41, 5.74) is 6.41. The molecule has 1 rings (SSSR count). The monoisotopic (exact) mass is 175 g/mol. The summed E-state index contributed by atoms with van der Waals surface area (Å²) in [5.74, 6) is 1.31. The topological polar surface area (TPSA) is 63.3 Å². The second-order valence-corrected chi connectivity index (χ2v) is 2.55. The van der Waals surface area contributed by atoms with Gasteiger partial charge in [0.15, 0.2) is 0 Å². The van der Waals surface area contributed by atoms with Crippen molar-refractivity contribution in [2.24, 2.45) is 5.73 Å². The van der Waals surface area contributed by atoms with Gasteiger partial charge in [-0.3, -0.25) is 4.79 Å². The zero-order chi connectivity index (χ0) is 9.84. The van der Waals surface area contributed by atoms with Crippen molar-refractivity contribution < 1.29 is 9.90 Å². The maximum Gasteiger partial charge on any atom is 0.325 e. The lowest BCUT2D eigenvalue weighted by Crippen LogP contribution is -2.21. The summed E-state index contributed by atoms with van der Waals surface area (Å²) < 4.78 is 0. The molecule has 0 aliphatic heterocycles.